The molecule has 2 aromatic carbocycles. The molecule has 0 fully saturated rings. The summed E-state index contributed by atoms with van der Waals surface area (Å²) in [6.45, 7) is 13.0. The van der Waals surface area contributed by atoms with Gasteiger partial charge in [-0.2, -0.15) is 0 Å². The molecule has 0 radical (unpaired) electrons. The number of ether oxygens (including phenoxy) is 1. The topological polar surface area (TPSA) is 65.6 Å². The molecule has 0 unspecified atom stereocenters. The van der Waals surface area contributed by atoms with Gasteiger partial charge in [-0.1, -0.05) is 87.1 Å². The summed E-state index contributed by atoms with van der Waals surface area (Å²) in [5, 5.41) is 1.06. The largest absolute Gasteiger partial charge is 0.463 e. The Morgan fingerprint density at radius 3 is 2.58 bits per heavy atom. The highest BCUT2D eigenvalue weighted by molar-refractivity contribution is 7.07. The van der Waals surface area contributed by atoms with Crippen molar-refractivity contribution in [1.82, 2.24) is 9.13 Å². The molecule has 40 heavy (non-hydrogen) atoms. The minimum atomic E-state index is -0.609. The summed E-state index contributed by atoms with van der Waals surface area (Å²) in [6.07, 6.45) is 7.30. The minimum Gasteiger partial charge on any atom is -0.463 e. The second kappa shape index (κ2) is 11.6. The maximum absolute atomic E-state index is 14.1. The van der Waals surface area contributed by atoms with E-state index in [1.165, 1.54) is 16.9 Å². The molecule has 7 heteroatoms. The minimum absolute atomic E-state index is 0.167. The third kappa shape index (κ3) is 5.02. The monoisotopic (exact) mass is 553 g/mol. The second-order valence-corrected chi connectivity index (χ2v) is 11.3. The van der Waals surface area contributed by atoms with Crippen LogP contribution >= 0.6 is 11.3 Å². The highest BCUT2D eigenvalue weighted by Crippen LogP contribution is 2.33. The number of hydrogen-bond acceptors (Lipinski definition) is 5. The number of benzene rings is 2. The third-order valence-corrected chi connectivity index (χ3v) is 8.23. The summed E-state index contributed by atoms with van der Waals surface area (Å²) in [4.78, 5) is 33.0. The van der Waals surface area contributed by atoms with Gasteiger partial charge in [-0.05, 0) is 42.5 Å². The molecule has 3 heterocycles. The van der Waals surface area contributed by atoms with Crippen molar-refractivity contribution in [2.24, 2.45) is 4.99 Å². The van der Waals surface area contributed by atoms with Crippen LogP contribution in [0, 0.1) is 0 Å². The standard InChI is InChI=1S/C33H35N3O3S/c1-6-11-26-29(32(38)39-8-3)30(23-16-14-22(15-17-23)21(4)5)36-31(37)28(40-33(36)34-26)19-24-20-35(18-7-2)27-13-10-9-12-25(24)27/h7,9-10,12-17,19-21,30H,2,6,8,11,18H2,1,3-5H3/b28-19-/t30-/m0/s1. The molecule has 0 saturated carbocycles. The molecule has 0 N–H and O–H groups in total. The summed E-state index contributed by atoms with van der Waals surface area (Å²) in [5.41, 5.74) is 5.07. The van der Waals surface area contributed by atoms with Gasteiger partial charge in [-0.15, -0.1) is 6.58 Å². The predicted molar refractivity (Wildman–Crippen MR) is 162 cm³/mol. The van der Waals surface area contributed by atoms with E-state index in [0.717, 1.165) is 28.5 Å². The molecular formula is C33H35N3O3S. The van der Waals surface area contributed by atoms with Crippen LogP contribution in [0.25, 0.3) is 17.0 Å². The molecular weight excluding hydrogens is 518 g/mol. The fourth-order valence-corrected chi connectivity index (χ4v) is 6.33. The van der Waals surface area contributed by atoms with E-state index in [2.05, 4.69) is 62.4 Å². The van der Waals surface area contributed by atoms with Gasteiger partial charge in [-0.25, -0.2) is 9.79 Å². The lowest BCUT2D eigenvalue weighted by molar-refractivity contribution is -0.139. The van der Waals surface area contributed by atoms with Crippen molar-refractivity contribution < 1.29 is 9.53 Å². The van der Waals surface area contributed by atoms with Crippen LogP contribution in [0.15, 0.2) is 88.4 Å². The van der Waals surface area contributed by atoms with Crippen LogP contribution in [0.4, 0.5) is 0 Å². The molecule has 2 aromatic heterocycles. The smallest absolute Gasteiger partial charge is 0.338 e. The number of fused-ring (bicyclic) bond motifs is 2. The maximum atomic E-state index is 14.1. The molecule has 5 rings (SSSR count). The second-order valence-electron chi connectivity index (χ2n) is 10.3. The molecule has 1 atom stereocenters. The first-order valence-electron chi connectivity index (χ1n) is 13.9. The number of allylic oxidation sites excluding steroid dienone is 2. The summed E-state index contributed by atoms with van der Waals surface area (Å²) < 4.78 is 9.89. The fraction of sp³-hybridized carbons (Fsp3) is 0.303. The van der Waals surface area contributed by atoms with Crippen LogP contribution in [0.1, 0.15) is 69.2 Å². The van der Waals surface area contributed by atoms with E-state index < -0.39 is 12.0 Å². The average molecular weight is 554 g/mol. The van der Waals surface area contributed by atoms with Crippen molar-refractivity contribution in [2.45, 2.75) is 59.0 Å². The van der Waals surface area contributed by atoms with Crippen LogP contribution in [-0.4, -0.2) is 21.7 Å². The van der Waals surface area contributed by atoms with Crippen molar-refractivity contribution in [2.75, 3.05) is 6.61 Å². The van der Waals surface area contributed by atoms with E-state index in [0.29, 0.717) is 39.5 Å². The Kier molecular flexibility index (Phi) is 8.03. The van der Waals surface area contributed by atoms with Gasteiger partial charge in [0.1, 0.15) is 0 Å². The third-order valence-electron chi connectivity index (χ3n) is 7.24. The molecule has 0 aliphatic carbocycles. The number of carbonyl (C=O) groups is 1. The van der Waals surface area contributed by atoms with Crippen LogP contribution in [0.5, 0.6) is 0 Å². The lowest BCUT2D eigenvalue weighted by atomic mass is 9.92. The van der Waals surface area contributed by atoms with E-state index in [4.69, 9.17) is 9.73 Å². The number of carbonyl (C=O) groups excluding carboxylic acids is 1. The number of para-hydroxylation sites is 1. The van der Waals surface area contributed by atoms with E-state index in [-0.39, 0.29) is 12.2 Å². The number of aromatic nitrogens is 2. The van der Waals surface area contributed by atoms with Gasteiger partial charge in [0.15, 0.2) is 4.80 Å². The van der Waals surface area contributed by atoms with Gasteiger partial charge in [-0.3, -0.25) is 9.36 Å². The number of rotatable bonds is 9. The van der Waals surface area contributed by atoms with E-state index in [9.17, 15) is 9.59 Å². The maximum Gasteiger partial charge on any atom is 0.338 e. The van der Waals surface area contributed by atoms with Gasteiger partial charge in [0, 0.05) is 29.2 Å². The van der Waals surface area contributed by atoms with Crippen LogP contribution in [0.2, 0.25) is 0 Å². The average Bonchev–Trinajstić information content (AvgIpc) is 3.45. The van der Waals surface area contributed by atoms with E-state index >= 15 is 0 Å². The molecule has 1 aliphatic heterocycles. The summed E-state index contributed by atoms with van der Waals surface area (Å²) in [5.74, 6) is -0.0515. The van der Waals surface area contributed by atoms with Gasteiger partial charge in [0.25, 0.3) is 5.56 Å². The summed E-state index contributed by atoms with van der Waals surface area (Å²) in [6, 6.07) is 15.7. The first-order valence-corrected chi connectivity index (χ1v) is 14.7. The van der Waals surface area contributed by atoms with Crippen molar-refractivity contribution in [1.29, 1.82) is 0 Å². The summed E-state index contributed by atoms with van der Waals surface area (Å²) in [7, 11) is 0. The van der Waals surface area contributed by atoms with Crippen molar-refractivity contribution in [3.05, 3.63) is 115 Å². The van der Waals surface area contributed by atoms with Crippen LogP contribution in [-0.2, 0) is 16.1 Å². The zero-order chi connectivity index (χ0) is 28.4. The zero-order valence-electron chi connectivity index (χ0n) is 23.5. The molecule has 6 nitrogen and oxygen atoms in total. The lowest BCUT2D eigenvalue weighted by Gasteiger charge is -2.26. The summed E-state index contributed by atoms with van der Waals surface area (Å²) >= 11 is 1.36. The number of hydrogen-bond donors (Lipinski definition) is 0. The lowest BCUT2D eigenvalue weighted by Crippen LogP contribution is -2.40. The van der Waals surface area contributed by atoms with Gasteiger partial charge in [0.05, 0.1) is 28.5 Å². The highest BCUT2D eigenvalue weighted by Gasteiger charge is 2.34. The van der Waals surface area contributed by atoms with Gasteiger partial charge in [0.2, 0.25) is 0 Å². The van der Waals surface area contributed by atoms with Crippen LogP contribution < -0.4 is 14.9 Å². The Bertz CT molecular complexity index is 1780. The van der Waals surface area contributed by atoms with Gasteiger partial charge < -0.3 is 9.30 Å². The van der Waals surface area contributed by atoms with E-state index in [1.807, 2.05) is 36.4 Å². The molecule has 0 bridgehead atoms. The Hall–Kier alpha value is -3.97. The highest BCUT2D eigenvalue weighted by atomic mass is 32.1. The number of thiazole rings is 1. The fourth-order valence-electron chi connectivity index (χ4n) is 5.32. The molecule has 0 spiro atoms. The molecule has 0 saturated heterocycles. The van der Waals surface area contributed by atoms with Crippen molar-refractivity contribution in [3.8, 4) is 0 Å². The molecule has 0 amide bonds. The molecule has 206 valence electrons. The SMILES string of the molecule is C=CCn1cc(/C=c2\sc3n(c2=O)[C@@H](c2ccc(C(C)C)cc2)C(C(=O)OCC)=C(CCC)N=3)c2ccccc21. The Labute approximate surface area is 238 Å². The van der Waals surface area contributed by atoms with Crippen LogP contribution in [0.3, 0.4) is 0 Å². The Morgan fingerprint density at radius 1 is 1.15 bits per heavy atom. The normalized spacial score (nSPS) is 15.4. The van der Waals surface area contributed by atoms with Gasteiger partial charge >= 0.3 is 5.97 Å². The first-order chi connectivity index (χ1) is 19.4. The molecule has 1 aliphatic rings. The van der Waals surface area contributed by atoms with Crippen molar-refractivity contribution in [3.63, 3.8) is 0 Å². The quantitative estimate of drug-likeness (QED) is 0.193. The number of esters is 1. The Morgan fingerprint density at radius 2 is 1.90 bits per heavy atom. The first kappa shape index (κ1) is 27.6. The predicted octanol–water partition coefficient (Wildman–Crippen LogP) is 5.84. The van der Waals surface area contributed by atoms with E-state index in [1.54, 1.807) is 11.5 Å². The van der Waals surface area contributed by atoms with Crippen molar-refractivity contribution >= 4 is 34.3 Å². The zero-order valence-corrected chi connectivity index (χ0v) is 24.3. The number of nitrogens with zero attached hydrogens (tertiary/aromatic N) is 3. The Balaban J connectivity index is 1.75. The molecule has 4 aromatic rings.